The van der Waals surface area contributed by atoms with E-state index in [4.69, 9.17) is 5.10 Å². The van der Waals surface area contributed by atoms with Crippen molar-refractivity contribution >= 4 is 39.3 Å². The molecule has 1 aliphatic heterocycles. The van der Waals surface area contributed by atoms with Crippen LogP contribution in [0.2, 0.25) is 0 Å². The van der Waals surface area contributed by atoms with E-state index in [2.05, 4.69) is 20.4 Å². The standard InChI is InChI=1S/C31H28N8O2S.H2O/c1-21-8-10-24(11-9-21)39-28(35-31(40)25-20-34-38-16-4-15-33-30(25)38)19-26(36-39)22-12-17-37(18-13-22)42(41)27-7-2-5-23-6-3-14-32-29(23)27;/h2-11,14-16,19-20,22H,12-13,17-18H2,1H3,(H,35,40);1H2. The normalized spacial score (nSPS) is 14.9. The van der Waals surface area contributed by atoms with Crippen molar-refractivity contribution in [3.05, 3.63) is 108 Å². The summed E-state index contributed by atoms with van der Waals surface area (Å²) in [5, 5.41) is 13.2. The first kappa shape index (κ1) is 28.3. The molecule has 11 nitrogen and oxygen atoms in total. The zero-order valence-corrected chi connectivity index (χ0v) is 24.2. The fourth-order valence-electron chi connectivity index (χ4n) is 5.42. The van der Waals surface area contributed by atoms with Crippen molar-refractivity contribution in [1.29, 1.82) is 0 Å². The number of pyridine rings is 1. The highest BCUT2D eigenvalue weighted by Gasteiger charge is 2.28. The molecule has 5 heterocycles. The molecule has 4 aromatic heterocycles. The molecular weight excluding hydrogens is 564 g/mol. The van der Waals surface area contributed by atoms with Crippen molar-refractivity contribution in [2.45, 2.75) is 30.6 Å². The molecule has 12 heteroatoms. The lowest BCUT2D eigenvalue weighted by Gasteiger charge is -2.30. The number of piperidine rings is 1. The molecule has 1 atom stereocenters. The van der Waals surface area contributed by atoms with Crippen LogP contribution in [0.15, 0.2) is 96.4 Å². The Bertz CT molecular complexity index is 1940. The maximum Gasteiger partial charge on any atom is 0.262 e. The summed E-state index contributed by atoms with van der Waals surface area (Å²) in [6.45, 7) is 3.35. The Labute approximate surface area is 250 Å². The summed E-state index contributed by atoms with van der Waals surface area (Å²) in [6.07, 6.45) is 8.23. The van der Waals surface area contributed by atoms with Crippen LogP contribution in [0.5, 0.6) is 0 Å². The third kappa shape index (κ3) is 5.43. The number of hydrogen-bond acceptors (Lipinski definition) is 6. The molecule has 43 heavy (non-hydrogen) atoms. The fourth-order valence-corrected chi connectivity index (χ4v) is 6.77. The second-order valence-corrected chi connectivity index (χ2v) is 11.8. The molecule has 1 fully saturated rings. The van der Waals surface area contributed by atoms with Crippen molar-refractivity contribution in [1.82, 2.24) is 33.7 Å². The number of benzene rings is 2. The van der Waals surface area contributed by atoms with Crippen LogP contribution < -0.4 is 5.32 Å². The monoisotopic (exact) mass is 594 g/mol. The predicted molar refractivity (Wildman–Crippen MR) is 165 cm³/mol. The number of hydrogen-bond donors (Lipinski definition) is 1. The van der Waals surface area contributed by atoms with E-state index in [0.29, 0.717) is 30.1 Å². The van der Waals surface area contributed by atoms with E-state index in [1.54, 1.807) is 33.9 Å². The summed E-state index contributed by atoms with van der Waals surface area (Å²) in [7, 11) is -1.31. The van der Waals surface area contributed by atoms with Gasteiger partial charge >= 0.3 is 0 Å². The molecule has 6 aromatic rings. The van der Waals surface area contributed by atoms with Gasteiger partial charge in [0.1, 0.15) is 22.4 Å². The molecule has 0 radical (unpaired) electrons. The van der Waals surface area contributed by atoms with Gasteiger partial charge in [-0.25, -0.2) is 22.7 Å². The number of fused-ring (bicyclic) bond motifs is 2. The largest absolute Gasteiger partial charge is 0.412 e. The molecule has 1 unspecified atom stereocenters. The number of carbonyl (C=O) groups is 1. The van der Waals surface area contributed by atoms with E-state index in [1.807, 2.05) is 71.9 Å². The Morgan fingerprint density at radius 2 is 1.74 bits per heavy atom. The third-order valence-electron chi connectivity index (χ3n) is 7.66. The smallest absolute Gasteiger partial charge is 0.262 e. The van der Waals surface area contributed by atoms with Crippen LogP contribution in [-0.2, 0) is 11.0 Å². The van der Waals surface area contributed by atoms with Crippen molar-refractivity contribution in [3.63, 3.8) is 0 Å². The zero-order chi connectivity index (χ0) is 28.6. The van der Waals surface area contributed by atoms with Crippen LogP contribution in [-0.4, -0.2) is 62.3 Å². The van der Waals surface area contributed by atoms with E-state index in [0.717, 1.165) is 45.6 Å². The van der Waals surface area contributed by atoms with Gasteiger partial charge in [0, 0.05) is 49.1 Å². The van der Waals surface area contributed by atoms with Crippen molar-refractivity contribution in [2.75, 3.05) is 18.4 Å². The fraction of sp³-hybridized carbons (Fsp3) is 0.194. The predicted octanol–water partition coefficient (Wildman–Crippen LogP) is 4.10. The van der Waals surface area contributed by atoms with Gasteiger partial charge in [0.15, 0.2) is 5.65 Å². The minimum Gasteiger partial charge on any atom is -0.412 e. The van der Waals surface area contributed by atoms with Crippen molar-refractivity contribution in [2.24, 2.45) is 0 Å². The highest BCUT2D eigenvalue weighted by molar-refractivity contribution is 7.83. The highest BCUT2D eigenvalue weighted by Crippen LogP contribution is 2.32. The summed E-state index contributed by atoms with van der Waals surface area (Å²) in [5.74, 6) is 0.421. The lowest BCUT2D eigenvalue weighted by atomic mass is 9.95. The second kappa shape index (κ2) is 11.8. The average molecular weight is 595 g/mol. The number of nitrogens with zero attached hydrogens (tertiary/aromatic N) is 7. The molecule has 1 amide bonds. The number of aryl methyl sites for hydroxylation is 1. The molecule has 7 rings (SSSR count). The van der Waals surface area contributed by atoms with Gasteiger partial charge in [0.2, 0.25) is 0 Å². The number of para-hydroxylation sites is 1. The molecule has 3 N–H and O–H groups in total. The summed E-state index contributed by atoms with van der Waals surface area (Å²) in [6, 6.07) is 21.4. The van der Waals surface area contributed by atoms with Gasteiger partial charge in [-0.2, -0.15) is 10.2 Å². The topological polar surface area (TPSA) is 142 Å². The number of carbonyl (C=O) groups excluding carboxylic acids is 1. The molecular formula is C31H30N8O3S. The minimum absolute atomic E-state index is 0. The Morgan fingerprint density at radius 1 is 0.977 bits per heavy atom. The van der Waals surface area contributed by atoms with Gasteiger partial charge < -0.3 is 10.8 Å². The minimum atomic E-state index is -1.31. The van der Waals surface area contributed by atoms with E-state index in [1.165, 1.54) is 6.20 Å². The zero-order valence-electron chi connectivity index (χ0n) is 23.4. The first-order chi connectivity index (χ1) is 20.5. The van der Waals surface area contributed by atoms with Gasteiger partial charge in [0.25, 0.3) is 5.91 Å². The molecule has 0 bridgehead atoms. The molecule has 218 valence electrons. The number of rotatable bonds is 6. The molecule has 1 aliphatic rings. The van der Waals surface area contributed by atoms with Crippen LogP contribution in [0.3, 0.4) is 0 Å². The van der Waals surface area contributed by atoms with Crippen LogP contribution in [0.1, 0.15) is 40.4 Å². The van der Waals surface area contributed by atoms with Crippen LogP contribution in [0.25, 0.3) is 22.2 Å². The molecule has 0 spiro atoms. The van der Waals surface area contributed by atoms with Gasteiger partial charge in [-0.15, -0.1) is 0 Å². The number of amides is 1. The van der Waals surface area contributed by atoms with Crippen molar-refractivity contribution < 1.29 is 14.5 Å². The maximum absolute atomic E-state index is 13.6. The van der Waals surface area contributed by atoms with Crippen molar-refractivity contribution in [3.8, 4) is 5.69 Å². The second-order valence-electron chi connectivity index (χ2n) is 10.4. The summed E-state index contributed by atoms with van der Waals surface area (Å²) in [4.78, 5) is 22.9. The van der Waals surface area contributed by atoms with Gasteiger partial charge in [-0.3, -0.25) is 9.78 Å². The number of anilines is 1. The van der Waals surface area contributed by atoms with Gasteiger partial charge in [-0.05, 0) is 50.1 Å². The highest BCUT2D eigenvalue weighted by atomic mass is 32.2. The lowest BCUT2D eigenvalue weighted by molar-refractivity contribution is 0.102. The summed E-state index contributed by atoms with van der Waals surface area (Å²) < 4.78 is 18.9. The molecule has 1 saturated heterocycles. The molecule has 2 aromatic carbocycles. The molecule has 0 saturated carbocycles. The van der Waals surface area contributed by atoms with Gasteiger partial charge in [-0.1, -0.05) is 35.9 Å². The Kier molecular flexibility index (Phi) is 7.80. The van der Waals surface area contributed by atoms with E-state index in [9.17, 15) is 9.00 Å². The van der Waals surface area contributed by atoms with E-state index in [-0.39, 0.29) is 17.3 Å². The third-order valence-corrected chi connectivity index (χ3v) is 9.20. The SMILES string of the molecule is Cc1ccc(-n2nc(C3CCN(S(=O)c4cccc5cccnc45)CC3)cc2NC(=O)c2cnn3cccnc23)cc1.O. The number of aromatic nitrogens is 6. The Morgan fingerprint density at radius 3 is 2.56 bits per heavy atom. The first-order valence-corrected chi connectivity index (χ1v) is 14.9. The van der Waals surface area contributed by atoms with Crippen LogP contribution in [0.4, 0.5) is 5.82 Å². The maximum atomic E-state index is 13.6. The quantitative estimate of drug-likeness (QED) is 0.308. The lowest BCUT2D eigenvalue weighted by Crippen LogP contribution is -2.34. The van der Waals surface area contributed by atoms with Gasteiger partial charge in [0.05, 0.1) is 28.0 Å². The Balaban J connectivity index is 0.00000329. The average Bonchev–Trinajstić information content (AvgIpc) is 3.66. The van der Waals surface area contributed by atoms with Crippen LogP contribution >= 0.6 is 0 Å². The van der Waals surface area contributed by atoms with E-state index < -0.39 is 11.0 Å². The summed E-state index contributed by atoms with van der Waals surface area (Å²) >= 11 is 0. The first-order valence-electron chi connectivity index (χ1n) is 13.8. The number of nitrogens with one attached hydrogen (secondary N) is 1. The molecule has 0 aliphatic carbocycles. The van der Waals surface area contributed by atoms with E-state index >= 15 is 0 Å². The Hall–Kier alpha value is -4.78. The summed E-state index contributed by atoms with van der Waals surface area (Å²) in [5.41, 5.74) is 4.52. The van der Waals surface area contributed by atoms with Crippen LogP contribution in [0, 0.1) is 6.92 Å².